The van der Waals surface area contributed by atoms with Gasteiger partial charge in [0.25, 0.3) is 15.9 Å². The quantitative estimate of drug-likeness (QED) is 0.452. The summed E-state index contributed by atoms with van der Waals surface area (Å²) in [5.41, 5.74) is 3.52. The van der Waals surface area contributed by atoms with E-state index in [9.17, 15) is 13.2 Å². The lowest BCUT2D eigenvalue weighted by atomic mass is 10.1. The summed E-state index contributed by atoms with van der Waals surface area (Å²) in [4.78, 5) is 15.8. The Hall–Kier alpha value is -3.56. The Morgan fingerprint density at radius 2 is 1.74 bits per heavy atom. The van der Waals surface area contributed by atoms with Crippen LogP contribution in [-0.4, -0.2) is 52.1 Å². The largest absolute Gasteiger partial charge is 0.497 e. The number of aryl methyl sites for hydroxylation is 1. The number of nitrogens with one attached hydrogen (secondary N) is 1. The maximum absolute atomic E-state index is 13.7. The minimum absolute atomic E-state index is 0.113. The first-order chi connectivity index (χ1) is 18.8. The van der Waals surface area contributed by atoms with Crippen LogP contribution < -0.4 is 19.1 Å². The molecule has 8 nitrogen and oxygen atoms in total. The van der Waals surface area contributed by atoms with Gasteiger partial charge in [0.05, 0.1) is 24.2 Å². The van der Waals surface area contributed by atoms with Gasteiger partial charge in [-0.25, -0.2) is 8.42 Å². The van der Waals surface area contributed by atoms with Crippen molar-refractivity contribution in [3.63, 3.8) is 0 Å². The van der Waals surface area contributed by atoms with E-state index in [0.29, 0.717) is 23.7 Å². The molecule has 39 heavy (non-hydrogen) atoms. The van der Waals surface area contributed by atoms with Crippen LogP contribution in [0.25, 0.3) is 0 Å². The summed E-state index contributed by atoms with van der Waals surface area (Å²) >= 11 is 0. The van der Waals surface area contributed by atoms with Crippen molar-refractivity contribution in [2.24, 2.45) is 0 Å². The van der Waals surface area contributed by atoms with Gasteiger partial charge in [-0.2, -0.15) is 0 Å². The zero-order chi connectivity index (χ0) is 27.4. The van der Waals surface area contributed by atoms with Crippen molar-refractivity contribution in [2.45, 2.75) is 50.3 Å². The summed E-state index contributed by atoms with van der Waals surface area (Å²) in [6, 6.07) is 19.8. The van der Waals surface area contributed by atoms with Gasteiger partial charge in [-0.05, 0) is 85.9 Å². The fraction of sp³-hybridized carbons (Fsp3) is 0.367. The van der Waals surface area contributed by atoms with Gasteiger partial charge in [0, 0.05) is 13.1 Å². The minimum Gasteiger partial charge on any atom is -0.497 e. The van der Waals surface area contributed by atoms with Crippen LogP contribution in [0.3, 0.4) is 0 Å². The third-order valence-electron chi connectivity index (χ3n) is 7.24. The van der Waals surface area contributed by atoms with Crippen LogP contribution in [0, 0.1) is 6.92 Å². The number of carbonyl (C=O) groups excluding carboxylic acids is 1. The van der Waals surface area contributed by atoms with Crippen LogP contribution in [-0.2, 0) is 27.9 Å². The second-order valence-corrected chi connectivity index (χ2v) is 12.0. The number of methoxy groups -OCH3 is 1. The molecule has 1 atom stereocenters. The van der Waals surface area contributed by atoms with E-state index in [2.05, 4.69) is 22.3 Å². The molecule has 2 heterocycles. The molecule has 0 bridgehead atoms. The van der Waals surface area contributed by atoms with Crippen molar-refractivity contribution in [1.82, 2.24) is 10.2 Å². The summed E-state index contributed by atoms with van der Waals surface area (Å²) in [5.74, 6) is 0.551. The Morgan fingerprint density at radius 3 is 2.49 bits per heavy atom. The number of ether oxygens (including phenoxy) is 2. The van der Waals surface area contributed by atoms with Crippen LogP contribution in [0.4, 0.5) is 5.69 Å². The Morgan fingerprint density at radius 1 is 1.00 bits per heavy atom. The summed E-state index contributed by atoms with van der Waals surface area (Å²) in [5, 5.41) is 2.95. The fourth-order valence-electron chi connectivity index (χ4n) is 5.12. The van der Waals surface area contributed by atoms with Gasteiger partial charge < -0.3 is 14.8 Å². The van der Waals surface area contributed by atoms with E-state index >= 15 is 0 Å². The summed E-state index contributed by atoms with van der Waals surface area (Å²) < 4.78 is 39.9. The second-order valence-electron chi connectivity index (χ2n) is 10.2. The first-order valence-corrected chi connectivity index (χ1v) is 14.8. The Bertz CT molecular complexity index is 1420. The van der Waals surface area contributed by atoms with E-state index in [0.717, 1.165) is 30.8 Å². The van der Waals surface area contributed by atoms with E-state index in [-0.39, 0.29) is 17.3 Å². The zero-order valence-corrected chi connectivity index (χ0v) is 23.2. The molecular weight excluding hydrogens is 514 g/mol. The average molecular weight is 550 g/mol. The number of rotatable bonds is 8. The predicted molar refractivity (Wildman–Crippen MR) is 151 cm³/mol. The number of likely N-dealkylation sites (tertiary alicyclic amines) is 1. The fourth-order valence-corrected chi connectivity index (χ4v) is 6.58. The number of fused-ring (bicyclic) bond motifs is 1. The van der Waals surface area contributed by atoms with Crippen molar-refractivity contribution in [3.05, 3.63) is 83.4 Å². The van der Waals surface area contributed by atoms with Gasteiger partial charge in [0.1, 0.15) is 11.5 Å². The molecule has 5 rings (SSSR count). The number of hydrogen-bond donors (Lipinski definition) is 1. The molecule has 1 fully saturated rings. The van der Waals surface area contributed by atoms with Gasteiger partial charge in [-0.3, -0.25) is 14.0 Å². The monoisotopic (exact) mass is 549 g/mol. The van der Waals surface area contributed by atoms with Crippen LogP contribution in [0.2, 0.25) is 0 Å². The molecule has 2 aliphatic rings. The molecule has 3 aromatic carbocycles. The number of hydrogen-bond acceptors (Lipinski definition) is 6. The average Bonchev–Trinajstić information content (AvgIpc) is 2.96. The lowest BCUT2D eigenvalue weighted by Gasteiger charge is -2.35. The molecule has 9 heteroatoms. The van der Waals surface area contributed by atoms with Crippen molar-refractivity contribution < 1.29 is 22.7 Å². The first-order valence-electron chi connectivity index (χ1n) is 13.4. The third kappa shape index (κ3) is 6.20. The van der Waals surface area contributed by atoms with Gasteiger partial charge in [0.15, 0.2) is 6.10 Å². The normalized spacial score (nSPS) is 17.7. The van der Waals surface area contributed by atoms with E-state index in [1.165, 1.54) is 48.4 Å². The number of amides is 1. The maximum Gasteiger partial charge on any atom is 0.264 e. The summed E-state index contributed by atoms with van der Waals surface area (Å²) in [7, 11) is -2.43. The standard InChI is InChI=1S/C30H35N3O5S/c1-22-9-14-28-27(17-22)33(39(35,36)26-12-10-25(37-2)11-13-26)21-29(38-28)30(34)31-19-23-7-6-8-24(18-23)20-32-15-4-3-5-16-32/h6-14,17-18,29H,3-5,15-16,19-21H2,1-2H3,(H,31,34). The molecule has 1 saturated heterocycles. The van der Waals surface area contributed by atoms with Crippen LogP contribution in [0.1, 0.15) is 36.0 Å². The zero-order valence-electron chi connectivity index (χ0n) is 22.4. The molecule has 0 spiro atoms. The Kier molecular flexibility index (Phi) is 8.09. The Balaban J connectivity index is 1.31. The number of nitrogens with zero attached hydrogens (tertiary/aromatic N) is 2. The number of sulfonamides is 1. The second kappa shape index (κ2) is 11.7. The SMILES string of the molecule is COc1ccc(S(=O)(=O)N2CC(C(=O)NCc3cccc(CN4CCCCC4)c3)Oc3ccc(C)cc32)cc1. The maximum atomic E-state index is 13.7. The Labute approximate surface area is 230 Å². The molecule has 1 N–H and O–H groups in total. The van der Waals surface area contributed by atoms with E-state index in [4.69, 9.17) is 9.47 Å². The van der Waals surface area contributed by atoms with E-state index < -0.39 is 16.1 Å². The van der Waals surface area contributed by atoms with Crippen LogP contribution in [0.5, 0.6) is 11.5 Å². The molecule has 1 amide bonds. The smallest absolute Gasteiger partial charge is 0.264 e. The molecule has 0 aromatic heterocycles. The van der Waals surface area contributed by atoms with E-state index in [1.54, 1.807) is 24.3 Å². The molecule has 0 aliphatic carbocycles. The number of benzene rings is 3. The lowest BCUT2D eigenvalue weighted by molar-refractivity contribution is -0.127. The molecule has 0 radical (unpaired) electrons. The predicted octanol–water partition coefficient (Wildman–Crippen LogP) is 4.26. The highest BCUT2D eigenvalue weighted by Crippen LogP contribution is 2.38. The minimum atomic E-state index is -3.96. The number of anilines is 1. The molecule has 3 aromatic rings. The van der Waals surface area contributed by atoms with Crippen LogP contribution >= 0.6 is 0 Å². The van der Waals surface area contributed by atoms with Crippen molar-refractivity contribution >= 4 is 21.6 Å². The highest BCUT2D eigenvalue weighted by molar-refractivity contribution is 7.92. The topological polar surface area (TPSA) is 88.2 Å². The molecular formula is C30H35N3O5S. The van der Waals surface area contributed by atoms with Gasteiger partial charge in [-0.1, -0.05) is 36.8 Å². The van der Waals surface area contributed by atoms with Crippen molar-refractivity contribution in [1.29, 1.82) is 0 Å². The molecule has 206 valence electrons. The summed E-state index contributed by atoms with van der Waals surface area (Å²) in [6.07, 6.45) is 2.79. The number of piperidine rings is 1. The number of carbonyl (C=O) groups is 1. The summed E-state index contributed by atoms with van der Waals surface area (Å²) in [6.45, 7) is 5.23. The van der Waals surface area contributed by atoms with Crippen molar-refractivity contribution in [3.8, 4) is 11.5 Å². The lowest BCUT2D eigenvalue weighted by Crippen LogP contribution is -2.50. The van der Waals surface area contributed by atoms with Gasteiger partial charge in [0.2, 0.25) is 0 Å². The highest BCUT2D eigenvalue weighted by Gasteiger charge is 2.37. The molecule has 1 unspecified atom stereocenters. The first kappa shape index (κ1) is 27.0. The van der Waals surface area contributed by atoms with Gasteiger partial charge >= 0.3 is 0 Å². The van der Waals surface area contributed by atoms with E-state index in [1.807, 2.05) is 25.1 Å². The van der Waals surface area contributed by atoms with Crippen molar-refractivity contribution in [2.75, 3.05) is 31.0 Å². The molecule has 0 saturated carbocycles. The van der Waals surface area contributed by atoms with Gasteiger partial charge in [-0.15, -0.1) is 0 Å². The third-order valence-corrected chi connectivity index (χ3v) is 9.03. The highest BCUT2D eigenvalue weighted by atomic mass is 32.2. The van der Waals surface area contributed by atoms with Crippen LogP contribution in [0.15, 0.2) is 71.6 Å². The molecule has 2 aliphatic heterocycles.